The van der Waals surface area contributed by atoms with Gasteiger partial charge in [-0.3, -0.25) is 0 Å². The Labute approximate surface area is 96.5 Å². The van der Waals surface area contributed by atoms with Gasteiger partial charge >= 0.3 is 0 Å². The normalized spacial score (nSPS) is 10.6. The molecule has 0 unspecified atom stereocenters. The van der Waals surface area contributed by atoms with Crippen LogP contribution in [0.4, 0.5) is 11.4 Å². The molecule has 0 spiro atoms. The van der Waals surface area contributed by atoms with Crippen molar-refractivity contribution < 1.29 is 0 Å². The number of nitrogen functional groups attached to an aromatic ring is 1. The number of nitrogens with one attached hydrogen (secondary N) is 1. The van der Waals surface area contributed by atoms with E-state index in [1.165, 1.54) is 18.2 Å². The molecule has 0 bridgehead atoms. The molecule has 0 aliphatic heterocycles. The third-order valence-electron chi connectivity index (χ3n) is 2.78. The summed E-state index contributed by atoms with van der Waals surface area (Å²) in [6.45, 7) is 3.20. The Morgan fingerprint density at radius 2 is 1.88 bits per heavy atom. The van der Waals surface area contributed by atoms with Crippen LogP contribution in [0.5, 0.6) is 0 Å². The zero-order valence-corrected chi connectivity index (χ0v) is 9.66. The van der Waals surface area contributed by atoms with Crippen LogP contribution in [0.3, 0.4) is 0 Å². The van der Waals surface area contributed by atoms with Crippen molar-refractivity contribution in [2.45, 2.75) is 19.8 Å². The summed E-state index contributed by atoms with van der Waals surface area (Å²) in [7, 11) is 0. The summed E-state index contributed by atoms with van der Waals surface area (Å²) in [6.07, 6.45) is 2.39. The second-order valence-electron chi connectivity index (χ2n) is 4.03. The summed E-state index contributed by atoms with van der Waals surface area (Å²) >= 11 is 0. The third kappa shape index (κ3) is 2.11. The van der Waals surface area contributed by atoms with Crippen LogP contribution in [0, 0.1) is 0 Å². The molecule has 0 saturated carbocycles. The predicted octanol–water partition coefficient (Wildman–Crippen LogP) is 3.63. The average molecular weight is 214 g/mol. The van der Waals surface area contributed by atoms with E-state index in [9.17, 15) is 0 Å². The highest BCUT2D eigenvalue weighted by Gasteiger charge is 2.02. The number of unbranched alkanes of at least 4 members (excludes halogenated alkanes) is 1. The Morgan fingerprint density at radius 3 is 2.62 bits per heavy atom. The summed E-state index contributed by atoms with van der Waals surface area (Å²) in [5, 5.41) is 5.79. The van der Waals surface area contributed by atoms with Crippen molar-refractivity contribution in [3.05, 3.63) is 36.4 Å². The van der Waals surface area contributed by atoms with Gasteiger partial charge in [-0.25, -0.2) is 0 Å². The van der Waals surface area contributed by atoms with Gasteiger partial charge in [0, 0.05) is 23.3 Å². The van der Waals surface area contributed by atoms with Crippen molar-refractivity contribution in [1.29, 1.82) is 0 Å². The molecular formula is C14H18N2. The fraction of sp³-hybridized carbons (Fsp3) is 0.286. The minimum Gasteiger partial charge on any atom is -0.398 e. The molecule has 0 fully saturated rings. The fourth-order valence-electron chi connectivity index (χ4n) is 1.92. The molecule has 3 N–H and O–H groups in total. The van der Waals surface area contributed by atoms with Crippen LogP contribution in [-0.4, -0.2) is 6.54 Å². The number of rotatable bonds is 4. The maximum absolute atomic E-state index is 6.02. The topological polar surface area (TPSA) is 38.0 Å². The van der Waals surface area contributed by atoms with E-state index in [2.05, 4.69) is 36.5 Å². The Morgan fingerprint density at radius 1 is 1.12 bits per heavy atom. The van der Waals surface area contributed by atoms with Gasteiger partial charge in [-0.2, -0.15) is 0 Å². The van der Waals surface area contributed by atoms with Crippen LogP contribution >= 0.6 is 0 Å². The van der Waals surface area contributed by atoms with Gasteiger partial charge in [-0.1, -0.05) is 37.6 Å². The second-order valence-corrected chi connectivity index (χ2v) is 4.03. The number of hydrogen-bond acceptors (Lipinski definition) is 2. The van der Waals surface area contributed by atoms with Crippen molar-refractivity contribution in [3.8, 4) is 0 Å². The van der Waals surface area contributed by atoms with Gasteiger partial charge in [0.2, 0.25) is 0 Å². The molecule has 0 amide bonds. The predicted molar refractivity (Wildman–Crippen MR) is 71.8 cm³/mol. The molecule has 16 heavy (non-hydrogen) atoms. The van der Waals surface area contributed by atoms with Crippen molar-refractivity contribution in [1.82, 2.24) is 0 Å². The van der Waals surface area contributed by atoms with Crippen molar-refractivity contribution in [3.63, 3.8) is 0 Å². The summed E-state index contributed by atoms with van der Waals surface area (Å²) in [6, 6.07) is 12.3. The molecule has 2 nitrogen and oxygen atoms in total. The van der Waals surface area contributed by atoms with Crippen LogP contribution in [0.15, 0.2) is 36.4 Å². The smallest absolute Gasteiger partial charge is 0.0440 e. The van der Waals surface area contributed by atoms with Gasteiger partial charge in [-0.05, 0) is 23.9 Å². The molecule has 0 aliphatic carbocycles. The molecule has 2 rings (SSSR count). The van der Waals surface area contributed by atoms with Gasteiger partial charge < -0.3 is 11.1 Å². The standard InChI is InChI=1S/C14H18N2/c1-2-3-10-16-13-9-5-7-11-6-4-8-12(15)14(11)13/h4-9,16H,2-3,10,15H2,1H3. The molecule has 0 radical (unpaired) electrons. The zero-order chi connectivity index (χ0) is 11.4. The van der Waals surface area contributed by atoms with E-state index in [1.807, 2.05) is 12.1 Å². The highest BCUT2D eigenvalue weighted by molar-refractivity contribution is 6.02. The van der Waals surface area contributed by atoms with E-state index in [0.29, 0.717) is 0 Å². The number of hydrogen-bond donors (Lipinski definition) is 2. The maximum Gasteiger partial charge on any atom is 0.0440 e. The first kappa shape index (κ1) is 10.8. The van der Waals surface area contributed by atoms with E-state index >= 15 is 0 Å². The summed E-state index contributed by atoms with van der Waals surface area (Å²) in [4.78, 5) is 0. The van der Waals surface area contributed by atoms with Gasteiger partial charge in [0.1, 0.15) is 0 Å². The van der Waals surface area contributed by atoms with Crippen molar-refractivity contribution in [2.24, 2.45) is 0 Å². The number of fused-ring (bicyclic) bond motifs is 1. The molecular weight excluding hydrogens is 196 g/mol. The third-order valence-corrected chi connectivity index (χ3v) is 2.78. The summed E-state index contributed by atoms with van der Waals surface area (Å²) in [5.41, 5.74) is 8.01. The van der Waals surface area contributed by atoms with E-state index in [4.69, 9.17) is 5.73 Å². The second kappa shape index (κ2) is 4.88. The van der Waals surface area contributed by atoms with Gasteiger partial charge in [0.15, 0.2) is 0 Å². The molecule has 84 valence electrons. The molecule has 0 aliphatic rings. The number of benzene rings is 2. The molecule has 2 aromatic rings. The fourth-order valence-corrected chi connectivity index (χ4v) is 1.92. The zero-order valence-electron chi connectivity index (χ0n) is 9.66. The van der Waals surface area contributed by atoms with Gasteiger partial charge in [0.25, 0.3) is 0 Å². The lowest BCUT2D eigenvalue weighted by atomic mass is 10.1. The molecule has 0 saturated heterocycles. The van der Waals surface area contributed by atoms with Crippen LogP contribution < -0.4 is 11.1 Å². The summed E-state index contributed by atoms with van der Waals surface area (Å²) in [5.74, 6) is 0. The SMILES string of the molecule is CCCCNc1cccc2cccc(N)c12. The first-order valence-corrected chi connectivity index (χ1v) is 5.84. The first-order valence-electron chi connectivity index (χ1n) is 5.84. The minimum atomic E-state index is 0.845. The van der Waals surface area contributed by atoms with Gasteiger partial charge in [0.05, 0.1) is 0 Å². The van der Waals surface area contributed by atoms with Crippen LogP contribution in [0.2, 0.25) is 0 Å². The maximum atomic E-state index is 6.02. The average Bonchev–Trinajstić information content (AvgIpc) is 2.30. The Bertz CT molecular complexity index is 472. The van der Waals surface area contributed by atoms with Crippen molar-refractivity contribution in [2.75, 3.05) is 17.6 Å². The van der Waals surface area contributed by atoms with Gasteiger partial charge in [-0.15, -0.1) is 0 Å². The monoisotopic (exact) mass is 214 g/mol. The van der Waals surface area contributed by atoms with E-state index < -0.39 is 0 Å². The lowest BCUT2D eigenvalue weighted by Gasteiger charge is -2.11. The number of anilines is 2. The van der Waals surface area contributed by atoms with E-state index in [-0.39, 0.29) is 0 Å². The van der Waals surface area contributed by atoms with Crippen molar-refractivity contribution >= 4 is 22.1 Å². The van der Waals surface area contributed by atoms with E-state index in [1.54, 1.807) is 0 Å². The lowest BCUT2D eigenvalue weighted by Crippen LogP contribution is -2.02. The van der Waals surface area contributed by atoms with E-state index in [0.717, 1.165) is 23.3 Å². The molecule has 0 atom stereocenters. The largest absolute Gasteiger partial charge is 0.398 e. The van der Waals surface area contributed by atoms with Crippen LogP contribution in [-0.2, 0) is 0 Å². The molecule has 2 aromatic carbocycles. The molecule has 2 heteroatoms. The molecule has 0 heterocycles. The number of nitrogens with two attached hydrogens (primary N) is 1. The molecule has 0 aromatic heterocycles. The quantitative estimate of drug-likeness (QED) is 0.602. The van der Waals surface area contributed by atoms with Crippen LogP contribution in [0.1, 0.15) is 19.8 Å². The highest BCUT2D eigenvalue weighted by atomic mass is 14.9. The Hall–Kier alpha value is -1.70. The Balaban J connectivity index is 2.37. The van der Waals surface area contributed by atoms with Crippen LogP contribution in [0.25, 0.3) is 10.8 Å². The Kier molecular flexibility index (Phi) is 3.30. The summed E-state index contributed by atoms with van der Waals surface area (Å²) < 4.78 is 0. The highest BCUT2D eigenvalue weighted by Crippen LogP contribution is 2.28. The minimum absolute atomic E-state index is 0.845. The lowest BCUT2D eigenvalue weighted by molar-refractivity contribution is 0.835. The first-order chi connectivity index (χ1) is 7.83.